The summed E-state index contributed by atoms with van der Waals surface area (Å²) in [5, 5.41) is 3.33. The molecule has 4 nitrogen and oxygen atoms in total. The molecule has 0 saturated heterocycles. The van der Waals surface area contributed by atoms with E-state index in [1.807, 2.05) is 19.1 Å². The molecule has 0 saturated carbocycles. The topological polar surface area (TPSA) is 42.7 Å². The summed E-state index contributed by atoms with van der Waals surface area (Å²) >= 11 is 0. The van der Waals surface area contributed by atoms with Crippen LogP contribution in [0.5, 0.6) is 0 Å². The molecule has 2 aromatic heterocycles. The van der Waals surface area contributed by atoms with Crippen LogP contribution in [0.4, 0.5) is 10.1 Å². The summed E-state index contributed by atoms with van der Waals surface area (Å²) in [5.74, 6) is 0.896. The van der Waals surface area contributed by atoms with Gasteiger partial charge in [-0.15, -0.1) is 0 Å². The Morgan fingerprint density at radius 2 is 2.00 bits per heavy atom. The van der Waals surface area contributed by atoms with E-state index in [1.165, 1.54) is 24.9 Å². The molecule has 0 aliphatic carbocycles. The second kappa shape index (κ2) is 6.67. The van der Waals surface area contributed by atoms with Gasteiger partial charge < -0.3 is 9.88 Å². The minimum Gasteiger partial charge on any atom is -0.378 e. The highest BCUT2D eigenvalue weighted by molar-refractivity contribution is 5.62. The van der Waals surface area contributed by atoms with Crippen molar-refractivity contribution in [2.45, 2.75) is 38.8 Å². The van der Waals surface area contributed by atoms with Crippen molar-refractivity contribution in [3.05, 3.63) is 66.1 Å². The van der Waals surface area contributed by atoms with E-state index in [1.54, 1.807) is 12.3 Å². The van der Waals surface area contributed by atoms with Gasteiger partial charge in [0.25, 0.3) is 0 Å². The number of hydrogen-bond acceptors (Lipinski definition) is 3. The number of halogens is 1. The fraction of sp³-hybridized carbons (Fsp3) is 0.300. The molecular formula is C20H21FN4. The Morgan fingerprint density at radius 3 is 2.76 bits per heavy atom. The van der Waals surface area contributed by atoms with Crippen molar-refractivity contribution in [3.8, 4) is 11.3 Å². The molecule has 1 aliphatic rings. The fourth-order valence-electron chi connectivity index (χ4n) is 3.35. The van der Waals surface area contributed by atoms with E-state index in [0.717, 1.165) is 29.9 Å². The van der Waals surface area contributed by atoms with Crippen LogP contribution in [0.3, 0.4) is 0 Å². The standard InChI is InChI=1S/C20H21FN4/c1-14(17-9-10-22-12-18(17)21)23-16-7-5-15(6-8-16)19-13-25-11-3-2-4-20(25)24-19/h5-10,12-14,23H,2-4,11H2,1H3. The summed E-state index contributed by atoms with van der Waals surface area (Å²) in [7, 11) is 0. The average Bonchev–Trinajstić information content (AvgIpc) is 3.07. The maximum absolute atomic E-state index is 13.8. The molecule has 128 valence electrons. The Bertz CT molecular complexity index is 846. The Labute approximate surface area is 146 Å². The average molecular weight is 336 g/mol. The minimum atomic E-state index is -0.289. The number of imidazole rings is 1. The van der Waals surface area contributed by atoms with Crippen LogP contribution < -0.4 is 5.32 Å². The van der Waals surface area contributed by atoms with Crippen LogP contribution in [0.15, 0.2) is 48.9 Å². The molecule has 0 bridgehead atoms. The quantitative estimate of drug-likeness (QED) is 0.757. The van der Waals surface area contributed by atoms with Gasteiger partial charge in [0.05, 0.1) is 17.9 Å². The maximum Gasteiger partial charge on any atom is 0.146 e. The summed E-state index contributed by atoms with van der Waals surface area (Å²) in [6, 6.07) is 9.73. The first-order chi connectivity index (χ1) is 12.2. The lowest BCUT2D eigenvalue weighted by Crippen LogP contribution is -2.08. The molecule has 1 N–H and O–H groups in total. The first-order valence-corrected chi connectivity index (χ1v) is 8.73. The van der Waals surface area contributed by atoms with Crippen LogP contribution in [0.1, 0.15) is 37.2 Å². The van der Waals surface area contributed by atoms with Crippen molar-refractivity contribution < 1.29 is 4.39 Å². The number of benzene rings is 1. The van der Waals surface area contributed by atoms with Gasteiger partial charge in [-0.25, -0.2) is 9.37 Å². The van der Waals surface area contributed by atoms with Crippen molar-refractivity contribution in [3.63, 3.8) is 0 Å². The Kier molecular flexibility index (Phi) is 4.22. The fourth-order valence-corrected chi connectivity index (χ4v) is 3.35. The number of aryl methyl sites for hydroxylation is 2. The van der Waals surface area contributed by atoms with Crippen LogP contribution in [0, 0.1) is 5.82 Å². The first-order valence-electron chi connectivity index (χ1n) is 8.73. The normalized spacial score (nSPS) is 14.8. The second-order valence-electron chi connectivity index (χ2n) is 6.53. The summed E-state index contributed by atoms with van der Waals surface area (Å²) in [4.78, 5) is 8.55. The molecule has 1 unspecified atom stereocenters. The molecular weight excluding hydrogens is 315 g/mol. The van der Waals surface area contributed by atoms with E-state index < -0.39 is 0 Å². The summed E-state index contributed by atoms with van der Waals surface area (Å²) in [6.07, 6.45) is 8.52. The Hall–Kier alpha value is -2.69. The zero-order chi connectivity index (χ0) is 17.2. The number of aromatic nitrogens is 3. The number of fused-ring (bicyclic) bond motifs is 1. The van der Waals surface area contributed by atoms with Gasteiger partial charge in [0.1, 0.15) is 11.6 Å². The van der Waals surface area contributed by atoms with E-state index in [4.69, 9.17) is 4.98 Å². The molecule has 1 atom stereocenters. The zero-order valence-electron chi connectivity index (χ0n) is 14.2. The van der Waals surface area contributed by atoms with Gasteiger partial charge in [0, 0.05) is 42.2 Å². The number of nitrogens with zero attached hydrogens (tertiary/aromatic N) is 3. The van der Waals surface area contributed by atoms with Crippen molar-refractivity contribution in [1.82, 2.24) is 14.5 Å². The zero-order valence-corrected chi connectivity index (χ0v) is 14.2. The lowest BCUT2D eigenvalue weighted by Gasteiger charge is -2.16. The van der Waals surface area contributed by atoms with E-state index >= 15 is 0 Å². The van der Waals surface area contributed by atoms with Crippen LogP contribution in [0.25, 0.3) is 11.3 Å². The number of pyridine rings is 1. The monoisotopic (exact) mass is 336 g/mol. The summed E-state index contributed by atoms with van der Waals surface area (Å²) < 4.78 is 16.1. The summed E-state index contributed by atoms with van der Waals surface area (Å²) in [6.45, 7) is 3.01. The predicted molar refractivity (Wildman–Crippen MR) is 96.8 cm³/mol. The molecule has 1 aliphatic heterocycles. The third-order valence-electron chi connectivity index (χ3n) is 4.74. The minimum absolute atomic E-state index is 0.131. The van der Waals surface area contributed by atoms with Gasteiger partial charge in [0.15, 0.2) is 0 Å². The van der Waals surface area contributed by atoms with Crippen molar-refractivity contribution in [1.29, 1.82) is 0 Å². The third-order valence-corrected chi connectivity index (χ3v) is 4.74. The number of anilines is 1. The molecule has 3 aromatic rings. The molecule has 0 spiro atoms. The van der Waals surface area contributed by atoms with Crippen molar-refractivity contribution in [2.24, 2.45) is 0 Å². The van der Waals surface area contributed by atoms with E-state index in [-0.39, 0.29) is 11.9 Å². The number of nitrogens with one attached hydrogen (secondary N) is 1. The molecule has 0 radical (unpaired) electrons. The highest BCUT2D eigenvalue weighted by Crippen LogP contribution is 2.26. The molecule has 0 fully saturated rings. The van der Waals surface area contributed by atoms with E-state index in [2.05, 4.69) is 33.2 Å². The van der Waals surface area contributed by atoms with Gasteiger partial charge >= 0.3 is 0 Å². The van der Waals surface area contributed by atoms with Crippen LogP contribution in [0.2, 0.25) is 0 Å². The summed E-state index contributed by atoms with van der Waals surface area (Å²) in [5.41, 5.74) is 3.70. The van der Waals surface area contributed by atoms with Crippen LogP contribution in [-0.4, -0.2) is 14.5 Å². The van der Waals surface area contributed by atoms with Gasteiger partial charge in [-0.2, -0.15) is 0 Å². The van der Waals surface area contributed by atoms with Crippen LogP contribution in [-0.2, 0) is 13.0 Å². The lowest BCUT2D eigenvalue weighted by atomic mass is 10.1. The van der Waals surface area contributed by atoms with Crippen LogP contribution >= 0.6 is 0 Å². The number of rotatable bonds is 4. The van der Waals surface area contributed by atoms with Gasteiger partial charge in [-0.1, -0.05) is 12.1 Å². The largest absolute Gasteiger partial charge is 0.378 e. The SMILES string of the molecule is CC(Nc1ccc(-c2cn3c(n2)CCCC3)cc1)c1ccncc1F. The molecule has 0 amide bonds. The Balaban J connectivity index is 1.50. The van der Waals surface area contributed by atoms with E-state index in [9.17, 15) is 4.39 Å². The van der Waals surface area contributed by atoms with Gasteiger partial charge in [0.2, 0.25) is 0 Å². The van der Waals surface area contributed by atoms with Gasteiger partial charge in [-0.05, 0) is 38.0 Å². The maximum atomic E-state index is 13.8. The van der Waals surface area contributed by atoms with Gasteiger partial charge in [-0.3, -0.25) is 4.98 Å². The molecule has 25 heavy (non-hydrogen) atoms. The van der Waals surface area contributed by atoms with Crippen molar-refractivity contribution >= 4 is 5.69 Å². The third kappa shape index (κ3) is 3.27. The molecule has 4 rings (SSSR count). The first kappa shape index (κ1) is 15.8. The molecule has 5 heteroatoms. The smallest absolute Gasteiger partial charge is 0.146 e. The van der Waals surface area contributed by atoms with E-state index in [0.29, 0.717) is 5.56 Å². The predicted octanol–water partition coefficient (Wildman–Crippen LogP) is 4.59. The van der Waals surface area contributed by atoms with Crippen molar-refractivity contribution in [2.75, 3.05) is 5.32 Å². The Morgan fingerprint density at radius 1 is 1.16 bits per heavy atom. The molecule has 1 aromatic carbocycles. The number of hydrogen-bond donors (Lipinski definition) is 1. The highest BCUT2D eigenvalue weighted by atomic mass is 19.1. The lowest BCUT2D eigenvalue weighted by molar-refractivity contribution is 0.522. The highest BCUT2D eigenvalue weighted by Gasteiger charge is 2.14. The molecule has 3 heterocycles. The second-order valence-corrected chi connectivity index (χ2v) is 6.53.